The lowest BCUT2D eigenvalue weighted by Gasteiger charge is -2.42. The first-order chi connectivity index (χ1) is 17.9. The highest BCUT2D eigenvalue weighted by Crippen LogP contribution is 2.33. The molecule has 4 nitrogen and oxygen atoms in total. The summed E-state index contributed by atoms with van der Waals surface area (Å²) in [4.78, 5) is 9.84. The Bertz CT molecular complexity index is 1070. The van der Waals surface area contributed by atoms with Gasteiger partial charge in [-0.1, -0.05) is 56.7 Å². The molecule has 2 aliphatic rings. The van der Waals surface area contributed by atoms with Gasteiger partial charge in [0.25, 0.3) is 0 Å². The number of hydrogen-bond donors (Lipinski definition) is 0. The fourth-order valence-corrected chi connectivity index (χ4v) is 5.32. The van der Waals surface area contributed by atoms with Crippen LogP contribution in [0.2, 0.25) is 0 Å². The Hall–Kier alpha value is -2.83. The summed E-state index contributed by atoms with van der Waals surface area (Å²) in [7, 11) is 1.71. The van der Waals surface area contributed by atoms with Gasteiger partial charge in [0.15, 0.2) is 0 Å². The van der Waals surface area contributed by atoms with E-state index in [-0.39, 0.29) is 23.6 Å². The molecule has 0 spiro atoms. The summed E-state index contributed by atoms with van der Waals surface area (Å²) >= 11 is 0. The van der Waals surface area contributed by atoms with E-state index in [9.17, 15) is 8.78 Å². The van der Waals surface area contributed by atoms with E-state index >= 15 is 0 Å². The average molecular weight is 508 g/mol. The highest BCUT2D eigenvalue weighted by molar-refractivity contribution is 5.91. The first-order valence-corrected chi connectivity index (χ1v) is 13.3. The van der Waals surface area contributed by atoms with Gasteiger partial charge in [-0.15, -0.1) is 0 Å². The number of allylic oxidation sites excluding steroid dienone is 4. The third-order valence-corrected chi connectivity index (χ3v) is 7.56. The van der Waals surface area contributed by atoms with Crippen LogP contribution in [0.1, 0.15) is 44.4 Å². The van der Waals surface area contributed by atoms with Crippen molar-refractivity contribution < 1.29 is 13.5 Å². The smallest absolute Gasteiger partial charge is 0.123 e. The van der Waals surface area contributed by atoms with Gasteiger partial charge in [-0.3, -0.25) is 9.89 Å². The van der Waals surface area contributed by atoms with Crippen molar-refractivity contribution in [3.63, 3.8) is 0 Å². The van der Waals surface area contributed by atoms with Gasteiger partial charge in [0.05, 0.1) is 19.2 Å². The van der Waals surface area contributed by atoms with Crippen LogP contribution in [-0.2, 0) is 4.74 Å². The summed E-state index contributed by atoms with van der Waals surface area (Å²) in [5.41, 5.74) is 5.97. The van der Waals surface area contributed by atoms with Crippen LogP contribution in [0.25, 0.3) is 0 Å². The zero-order valence-corrected chi connectivity index (χ0v) is 22.5. The highest BCUT2D eigenvalue weighted by atomic mass is 19.1. The van der Waals surface area contributed by atoms with E-state index in [4.69, 9.17) is 9.73 Å². The van der Waals surface area contributed by atoms with Gasteiger partial charge in [0.2, 0.25) is 0 Å². The first kappa shape index (κ1) is 27.2. The van der Waals surface area contributed by atoms with Crippen LogP contribution in [0.15, 0.2) is 76.9 Å². The van der Waals surface area contributed by atoms with Crippen molar-refractivity contribution in [1.82, 2.24) is 9.80 Å². The Morgan fingerprint density at radius 2 is 1.46 bits per heavy atom. The van der Waals surface area contributed by atoms with Crippen LogP contribution in [0.5, 0.6) is 0 Å². The number of aliphatic imine (C=N–C) groups is 1. The number of methoxy groups -OCH3 is 1. The molecule has 1 atom stereocenters. The molecule has 1 aliphatic carbocycles. The van der Waals surface area contributed by atoms with E-state index in [0.717, 1.165) is 43.7 Å². The largest absolute Gasteiger partial charge is 0.383 e. The Balaban J connectivity index is 1.55. The zero-order chi connectivity index (χ0) is 26.4. The average Bonchev–Trinajstić information content (AvgIpc) is 3.06. The maximum Gasteiger partial charge on any atom is 0.123 e. The number of rotatable bonds is 8. The number of hydrogen-bond acceptors (Lipinski definition) is 4. The monoisotopic (exact) mass is 507 g/mol. The molecular formula is C31H39F2N3O. The van der Waals surface area contributed by atoms with Gasteiger partial charge in [0, 0.05) is 57.0 Å². The molecule has 2 aromatic carbocycles. The minimum absolute atomic E-state index is 0.0532. The van der Waals surface area contributed by atoms with Crippen molar-refractivity contribution in [1.29, 1.82) is 0 Å². The molecule has 198 valence electrons. The van der Waals surface area contributed by atoms with Crippen molar-refractivity contribution in [2.75, 3.05) is 46.4 Å². The highest BCUT2D eigenvalue weighted by Gasteiger charge is 2.30. The molecule has 1 heterocycles. The molecule has 4 rings (SSSR count). The summed E-state index contributed by atoms with van der Waals surface area (Å²) in [5, 5.41) is 0. The topological polar surface area (TPSA) is 28.1 Å². The predicted molar refractivity (Wildman–Crippen MR) is 147 cm³/mol. The summed E-state index contributed by atoms with van der Waals surface area (Å²) in [6.45, 7) is 11.5. The number of piperazine rings is 1. The van der Waals surface area contributed by atoms with E-state index < -0.39 is 0 Å². The second-order valence-electron chi connectivity index (χ2n) is 10.3. The predicted octanol–water partition coefficient (Wildman–Crippen LogP) is 6.27. The lowest BCUT2D eigenvalue weighted by molar-refractivity contribution is 0.127. The Morgan fingerprint density at radius 3 is 1.97 bits per heavy atom. The van der Waals surface area contributed by atoms with Crippen LogP contribution in [0.3, 0.4) is 0 Å². The minimum Gasteiger partial charge on any atom is -0.383 e. The van der Waals surface area contributed by atoms with E-state index in [2.05, 4.69) is 42.7 Å². The van der Waals surface area contributed by atoms with Gasteiger partial charge in [-0.25, -0.2) is 8.78 Å². The van der Waals surface area contributed by atoms with Crippen molar-refractivity contribution >= 4 is 5.71 Å². The molecule has 0 amide bonds. The maximum atomic E-state index is 13.7. The van der Waals surface area contributed by atoms with E-state index in [0.29, 0.717) is 19.1 Å². The Kier molecular flexibility index (Phi) is 9.28. The fourth-order valence-electron chi connectivity index (χ4n) is 5.32. The lowest BCUT2D eigenvalue weighted by atomic mass is 9.92. The molecule has 0 bridgehead atoms. The summed E-state index contributed by atoms with van der Waals surface area (Å²) in [6, 6.07) is 13.3. The van der Waals surface area contributed by atoms with Crippen LogP contribution in [0.4, 0.5) is 8.78 Å². The van der Waals surface area contributed by atoms with E-state index in [1.54, 1.807) is 7.11 Å². The van der Waals surface area contributed by atoms with Gasteiger partial charge in [-0.2, -0.15) is 0 Å². The molecule has 0 aromatic heterocycles. The van der Waals surface area contributed by atoms with Gasteiger partial charge < -0.3 is 9.64 Å². The Labute approximate surface area is 220 Å². The standard InChI is InChI=1S/C31H39F2N3O/c1-22(2)26-9-14-30(23(3)29(21-26)34-15-20-37-4)35-16-18-36(19-17-35)31(24-5-10-27(32)11-6-24)25-7-12-28(33)13-8-25/h5-14,22-23,31H,15-21H2,1-4H3. The molecule has 1 saturated heterocycles. The zero-order valence-electron chi connectivity index (χ0n) is 22.5. The van der Waals surface area contributed by atoms with Crippen molar-refractivity contribution in [3.8, 4) is 0 Å². The quantitative estimate of drug-likeness (QED) is 0.395. The molecule has 2 aromatic rings. The minimum atomic E-state index is -0.252. The number of halogens is 2. The van der Waals surface area contributed by atoms with Crippen LogP contribution in [0, 0.1) is 23.5 Å². The maximum absolute atomic E-state index is 13.7. The fraction of sp³-hybridized carbons (Fsp3) is 0.452. The molecule has 1 fully saturated rings. The molecular weight excluding hydrogens is 468 g/mol. The summed E-state index contributed by atoms with van der Waals surface area (Å²) < 4.78 is 32.6. The third kappa shape index (κ3) is 6.74. The second-order valence-corrected chi connectivity index (χ2v) is 10.3. The molecule has 6 heteroatoms. The van der Waals surface area contributed by atoms with Gasteiger partial charge in [-0.05, 0) is 47.4 Å². The Morgan fingerprint density at radius 1 is 0.892 bits per heavy atom. The van der Waals surface area contributed by atoms with Crippen molar-refractivity contribution in [3.05, 3.63) is 94.7 Å². The second kappa shape index (κ2) is 12.6. The number of benzene rings is 2. The summed E-state index contributed by atoms with van der Waals surface area (Å²) in [5.74, 6) is 0.204. The van der Waals surface area contributed by atoms with E-state index in [1.165, 1.54) is 41.2 Å². The molecule has 0 saturated carbocycles. The van der Waals surface area contributed by atoms with Gasteiger partial charge in [0.1, 0.15) is 11.6 Å². The number of nitrogens with zero attached hydrogens (tertiary/aromatic N) is 3. The molecule has 1 aliphatic heterocycles. The molecule has 37 heavy (non-hydrogen) atoms. The van der Waals surface area contributed by atoms with Crippen LogP contribution >= 0.6 is 0 Å². The normalized spacial score (nSPS) is 20.4. The molecule has 0 radical (unpaired) electrons. The van der Waals surface area contributed by atoms with E-state index in [1.807, 2.05) is 24.3 Å². The number of ether oxygens (including phenoxy) is 1. The SMILES string of the molecule is COCCN=C1CC(C(C)C)=CC=C(N2CCN(C(c3ccc(F)cc3)c3ccc(F)cc3)CC2)C1C. The van der Waals surface area contributed by atoms with Crippen LogP contribution < -0.4 is 0 Å². The van der Waals surface area contributed by atoms with Crippen molar-refractivity contribution in [2.24, 2.45) is 16.8 Å². The first-order valence-electron chi connectivity index (χ1n) is 13.3. The van der Waals surface area contributed by atoms with Gasteiger partial charge >= 0.3 is 0 Å². The summed E-state index contributed by atoms with van der Waals surface area (Å²) in [6.07, 6.45) is 5.49. The molecule has 1 unspecified atom stereocenters. The van der Waals surface area contributed by atoms with Crippen molar-refractivity contribution in [2.45, 2.75) is 33.2 Å². The van der Waals surface area contributed by atoms with Crippen LogP contribution in [-0.4, -0.2) is 62.0 Å². The lowest BCUT2D eigenvalue weighted by Crippen LogP contribution is -2.48. The third-order valence-electron chi connectivity index (χ3n) is 7.56. The molecule has 0 N–H and O–H groups in total.